The molecule has 1 unspecified atom stereocenters. The average molecular weight is 259 g/mol. The van der Waals surface area contributed by atoms with E-state index in [2.05, 4.69) is 36.5 Å². The Bertz CT molecular complexity index is 382. The highest BCUT2D eigenvalue weighted by molar-refractivity contribution is 5.52. The van der Waals surface area contributed by atoms with Gasteiger partial charge in [0.1, 0.15) is 0 Å². The van der Waals surface area contributed by atoms with Gasteiger partial charge >= 0.3 is 0 Å². The molecule has 1 atom stereocenters. The normalized spacial score (nSPS) is 31.1. The van der Waals surface area contributed by atoms with Crippen LogP contribution in [-0.2, 0) is 11.2 Å². The molecule has 1 heterocycles. The van der Waals surface area contributed by atoms with Crippen LogP contribution in [-0.4, -0.2) is 18.8 Å². The topological polar surface area (TPSA) is 21.3 Å². The fourth-order valence-electron chi connectivity index (χ4n) is 3.31. The molecule has 1 aliphatic heterocycles. The Morgan fingerprint density at radius 2 is 1.79 bits per heavy atom. The van der Waals surface area contributed by atoms with Crippen molar-refractivity contribution in [1.29, 1.82) is 0 Å². The molecule has 19 heavy (non-hydrogen) atoms. The smallest absolute Gasteiger partial charge is 0.0754 e. The van der Waals surface area contributed by atoms with E-state index in [9.17, 15) is 0 Å². The lowest BCUT2D eigenvalue weighted by atomic mass is 9.89. The third kappa shape index (κ3) is 3.30. The number of hydrogen-bond acceptors (Lipinski definition) is 2. The summed E-state index contributed by atoms with van der Waals surface area (Å²) in [6, 6.07) is 8.65. The molecule has 0 saturated heterocycles. The molecule has 0 spiro atoms. The maximum absolute atomic E-state index is 6.33. The van der Waals surface area contributed by atoms with E-state index in [0.29, 0.717) is 12.2 Å². The van der Waals surface area contributed by atoms with Crippen LogP contribution < -0.4 is 5.32 Å². The number of para-hydroxylation sites is 1. The molecule has 1 aromatic rings. The van der Waals surface area contributed by atoms with Crippen molar-refractivity contribution in [3.8, 4) is 0 Å². The molecule has 2 heteroatoms. The predicted molar refractivity (Wildman–Crippen MR) is 79.5 cm³/mol. The number of aryl methyl sites for hydroxylation is 1. The summed E-state index contributed by atoms with van der Waals surface area (Å²) >= 11 is 0. The number of anilines is 1. The SMILES string of the molecule is CC1CCC(OC2CCc3ccccc3NC2)CC1. The summed E-state index contributed by atoms with van der Waals surface area (Å²) in [4.78, 5) is 0. The highest BCUT2D eigenvalue weighted by atomic mass is 16.5. The van der Waals surface area contributed by atoms with Gasteiger partial charge < -0.3 is 10.1 Å². The van der Waals surface area contributed by atoms with E-state index in [1.54, 1.807) is 0 Å². The molecule has 2 aliphatic rings. The van der Waals surface area contributed by atoms with Crippen molar-refractivity contribution in [3.63, 3.8) is 0 Å². The third-order valence-corrected chi connectivity index (χ3v) is 4.62. The summed E-state index contributed by atoms with van der Waals surface area (Å²) < 4.78 is 6.33. The Labute approximate surface area is 116 Å². The average Bonchev–Trinajstić information content (AvgIpc) is 2.64. The fraction of sp³-hybridized carbons (Fsp3) is 0.647. The van der Waals surface area contributed by atoms with Crippen LogP contribution >= 0.6 is 0 Å². The Morgan fingerprint density at radius 1 is 1.00 bits per heavy atom. The van der Waals surface area contributed by atoms with Crippen LogP contribution in [0.4, 0.5) is 5.69 Å². The minimum atomic E-state index is 0.380. The van der Waals surface area contributed by atoms with Crippen molar-refractivity contribution in [2.24, 2.45) is 5.92 Å². The zero-order valence-corrected chi connectivity index (χ0v) is 11.9. The van der Waals surface area contributed by atoms with E-state index in [1.807, 2.05) is 0 Å². The summed E-state index contributed by atoms with van der Waals surface area (Å²) in [6.07, 6.45) is 8.35. The lowest BCUT2D eigenvalue weighted by Gasteiger charge is -2.29. The summed E-state index contributed by atoms with van der Waals surface area (Å²) in [5.74, 6) is 0.899. The van der Waals surface area contributed by atoms with E-state index in [4.69, 9.17) is 4.74 Å². The van der Waals surface area contributed by atoms with E-state index in [0.717, 1.165) is 25.3 Å². The monoisotopic (exact) mass is 259 g/mol. The largest absolute Gasteiger partial charge is 0.382 e. The maximum atomic E-state index is 6.33. The molecule has 1 N–H and O–H groups in total. The van der Waals surface area contributed by atoms with Crippen LogP contribution in [0.1, 0.15) is 44.6 Å². The molecule has 0 aromatic heterocycles. The number of nitrogens with one attached hydrogen (secondary N) is 1. The van der Waals surface area contributed by atoms with Crippen molar-refractivity contribution >= 4 is 5.69 Å². The lowest BCUT2D eigenvalue weighted by Crippen LogP contribution is -2.30. The van der Waals surface area contributed by atoms with E-state index in [-0.39, 0.29) is 0 Å². The first-order valence-electron chi connectivity index (χ1n) is 7.78. The molecule has 1 fully saturated rings. The highest BCUT2D eigenvalue weighted by Gasteiger charge is 2.23. The third-order valence-electron chi connectivity index (χ3n) is 4.62. The van der Waals surface area contributed by atoms with Gasteiger partial charge in [0.05, 0.1) is 12.2 Å². The fourth-order valence-corrected chi connectivity index (χ4v) is 3.31. The van der Waals surface area contributed by atoms with Gasteiger partial charge in [0.25, 0.3) is 0 Å². The number of benzene rings is 1. The van der Waals surface area contributed by atoms with E-state index in [1.165, 1.54) is 36.9 Å². The van der Waals surface area contributed by atoms with Gasteiger partial charge in [0.15, 0.2) is 0 Å². The quantitative estimate of drug-likeness (QED) is 0.866. The zero-order chi connectivity index (χ0) is 13.1. The maximum Gasteiger partial charge on any atom is 0.0754 e. The molecule has 0 amide bonds. The molecule has 3 rings (SSSR count). The molecule has 1 aliphatic carbocycles. The van der Waals surface area contributed by atoms with Crippen LogP contribution in [0.15, 0.2) is 24.3 Å². The van der Waals surface area contributed by atoms with Gasteiger partial charge in [-0.3, -0.25) is 0 Å². The lowest BCUT2D eigenvalue weighted by molar-refractivity contribution is -0.0318. The van der Waals surface area contributed by atoms with E-state index >= 15 is 0 Å². The second-order valence-electron chi connectivity index (χ2n) is 6.22. The number of hydrogen-bond donors (Lipinski definition) is 1. The van der Waals surface area contributed by atoms with Gasteiger partial charge in [0, 0.05) is 12.2 Å². The first-order chi connectivity index (χ1) is 9.31. The van der Waals surface area contributed by atoms with Crippen LogP contribution in [0.25, 0.3) is 0 Å². The minimum Gasteiger partial charge on any atom is -0.382 e. The summed E-state index contributed by atoms with van der Waals surface area (Å²) in [5, 5.41) is 3.55. The Kier molecular flexibility index (Phi) is 4.07. The Balaban J connectivity index is 1.54. The van der Waals surface area contributed by atoms with Gasteiger partial charge in [-0.05, 0) is 56.1 Å². The number of fused-ring (bicyclic) bond motifs is 1. The van der Waals surface area contributed by atoms with Crippen LogP contribution in [0.5, 0.6) is 0 Å². The van der Waals surface area contributed by atoms with Gasteiger partial charge in [-0.2, -0.15) is 0 Å². The van der Waals surface area contributed by atoms with Gasteiger partial charge in [-0.1, -0.05) is 25.1 Å². The highest BCUT2D eigenvalue weighted by Crippen LogP contribution is 2.28. The molecule has 2 nitrogen and oxygen atoms in total. The number of rotatable bonds is 2. The van der Waals surface area contributed by atoms with E-state index < -0.39 is 0 Å². The van der Waals surface area contributed by atoms with Crippen molar-refractivity contribution in [2.75, 3.05) is 11.9 Å². The molecular formula is C17H25NO. The van der Waals surface area contributed by atoms with Crippen molar-refractivity contribution in [2.45, 2.75) is 57.7 Å². The molecule has 1 aromatic carbocycles. The zero-order valence-electron chi connectivity index (χ0n) is 11.9. The van der Waals surface area contributed by atoms with Crippen LogP contribution in [0.2, 0.25) is 0 Å². The summed E-state index contributed by atoms with van der Waals surface area (Å²) in [6.45, 7) is 3.32. The second-order valence-corrected chi connectivity index (χ2v) is 6.22. The molecule has 1 saturated carbocycles. The molecular weight excluding hydrogens is 234 g/mol. The van der Waals surface area contributed by atoms with Crippen LogP contribution in [0, 0.1) is 5.92 Å². The summed E-state index contributed by atoms with van der Waals surface area (Å²) in [7, 11) is 0. The van der Waals surface area contributed by atoms with Crippen LogP contribution in [0.3, 0.4) is 0 Å². The Hall–Kier alpha value is -1.02. The predicted octanol–water partition coefficient (Wildman–Crippen LogP) is 4.01. The molecule has 0 bridgehead atoms. The van der Waals surface area contributed by atoms with Gasteiger partial charge in [-0.25, -0.2) is 0 Å². The minimum absolute atomic E-state index is 0.380. The standard InChI is InChI=1S/C17H25NO/c1-13-6-9-15(10-7-13)19-16-11-8-14-4-2-3-5-17(14)18-12-16/h2-5,13,15-16,18H,6-12H2,1H3. The van der Waals surface area contributed by atoms with Gasteiger partial charge in [-0.15, -0.1) is 0 Å². The first-order valence-corrected chi connectivity index (χ1v) is 7.78. The van der Waals surface area contributed by atoms with Gasteiger partial charge in [0.2, 0.25) is 0 Å². The number of ether oxygens (including phenoxy) is 1. The molecule has 104 valence electrons. The molecule has 0 radical (unpaired) electrons. The first kappa shape index (κ1) is 13.0. The Morgan fingerprint density at radius 3 is 2.63 bits per heavy atom. The second kappa shape index (κ2) is 5.96. The van der Waals surface area contributed by atoms with Crippen molar-refractivity contribution < 1.29 is 4.74 Å². The summed E-state index contributed by atoms with van der Waals surface area (Å²) in [5.41, 5.74) is 2.73. The van der Waals surface area contributed by atoms with Crippen molar-refractivity contribution in [3.05, 3.63) is 29.8 Å². The van der Waals surface area contributed by atoms with Crippen molar-refractivity contribution in [1.82, 2.24) is 0 Å².